The number of piperidine rings is 1. The van der Waals surface area contributed by atoms with E-state index in [1.165, 1.54) is 44.4 Å². The Morgan fingerprint density at radius 3 is 1.95 bits per heavy atom. The highest BCUT2D eigenvalue weighted by atomic mass is 32.2. The van der Waals surface area contributed by atoms with E-state index in [2.05, 4.69) is 4.90 Å². The molecule has 3 aromatic carbocycles. The third kappa shape index (κ3) is 8.20. The quantitative estimate of drug-likeness (QED) is 0.147. The lowest BCUT2D eigenvalue weighted by molar-refractivity contribution is 0.183. The van der Waals surface area contributed by atoms with Gasteiger partial charge < -0.3 is 17.8 Å². The first kappa shape index (κ1) is 31.1. The molecule has 1 fully saturated rings. The van der Waals surface area contributed by atoms with E-state index in [-0.39, 0.29) is 23.0 Å². The van der Waals surface area contributed by atoms with Gasteiger partial charge >= 0.3 is 20.2 Å². The molecule has 0 spiro atoms. The summed E-state index contributed by atoms with van der Waals surface area (Å²) < 4.78 is 71.4. The van der Waals surface area contributed by atoms with E-state index in [1.54, 1.807) is 42.5 Å². The molecule has 1 aromatic heterocycles. The number of fused-ring (bicyclic) bond motifs is 1. The first-order valence-corrected chi connectivity index (χ1v) is 18.3. The summed E-state index contributed by atoms with van der Waals surface area (Å²) in [5.41, 5.74) is 0.777. The van der Waals surface area contributed by atoms with Crippen LogP contribution >= 0.6 is 11.3 Å². The lowest BCUT2D eigenvalue weighted by atomic mass is 10.1. The normalized spacial score (nSPS) is 14.5. The van der Waals surface area contributed by atoms with Crippen LogP contribution in [-0.2, 0) is 20.2 Å². The number of hydrogen-bond donors (Lipinski definition) is 0. The topological polar surface area (TPSA) is 108 Å². The smallest absolute Gasteiger partial charge is 0.308 e. The molecule has 1 aliphatic rings. The predicted octanol–water partition coefficient (Wildman–Crippen LogP) is 6.68. The molecule has 0 saturated carbocycles. The fourth-order valence-corrected chi connectivity index (χ4v) is 6.87. The van der Waals surface area contributed by atoms with E-state index in [9.17, 15) is 16.8 Å². The van der Waals surface area contributed by atoms with Crippen LogP contribution in [-0.4, -0.2) is 59.5 Å². The number of likely N-dealkylation sites (tertiary alicyclic amines) is 1. The molecule has 12 heteroatoms. The van der Waals surface area contributed by atoms with Crippen LogP contribution in [0.15, 0.2) is 66.7 Å². The molecule has 43 heavy (non-hydrogen) atoms. The highest BCUT2D eigenvalue weighted by Gasteiger charge is 2.19. The summed E-state index contributed by atoms with van der Waals surface area (Å²) in [7, 11) is -7.34. The van der Waals surface area contributed by atoms with Gasteiger partial charge in [0, 0.05) is 16.6 Å². The molecular weight excluding hydrogens is 611 g/mol. The van der Waals surface area contributed by atoms with E-state index in [1.807, 2.05) is 24.3 Å². The average Bonchev–Trinajstić information content (AvgIpc) is 3.35. The maximum absolute atomic E-state index is 12.1. The molecule has 0 amide bonds. The summed E-state index contributed by atoms with van der Waals surface area (Å²) in [6.07, 6.45) is 3.80. The fraction of sp³-hybridized carbons (Fsp3) is 0.355. The highest BCUT2D eigenvalue weighted by Crippen LogP contribution is 2.47. The van der Waals surface area contributed by atoms with Crippen molar-refractivity contribution in [2.24, 2.45) is 0 Å². The van der Waals surface area contributed by atoms with Crippen molar-refractivity contribution in [2.45, 2.75) is 33.1 Å². The number of hydrogen-bond acceptors (Lipinski definition) is 10. The zero-order chi connectivity index (χ0) is 30.5. The van der Waals surface area contributed by atoms with Crippen molar-refractivity contribution in [3.8, 4) is 39.2 Å². The van der Waals surface area contributed by atoms with Gasteiger partial charge in [0.05, 0.1) is 16.4 Å². The summed E-state index contributed by atoms with van der Waals surface area (Å²) in [6, 6.07) is 19.2. The van der Waals surface area contributed by atoms with E-state index in [0.29, 0.717) is 18.1 Å². The molecule has 4 aromatic rings. The van der Waals surface area contributed by atoms with Crippen LogP contribution in [0.5, 0.6) is 28.7 Å². The summed E-state index contributed by atoms with van der Waals surface area (Å²) in [5.74, 6) is 2.10. The van der Waals surface area contributed by atoms with Crippen LogP contribution in [0.4, 0.5) is 0 Å². The number of ether oxygens (including phenoxy) is 2. The second-order valence-corrected chi connectivity index (χ2v) is 14.9. The number of nitrogens with zero attached hydrogens (tertiary/aromatic N) is 1. The van der Waals surface area contributed by atoms with Crippen molar-refractivity contribution in [1.29, 1.82) is 0 Å². The first-order chi connectivity index (χ1) is 20.6. The summed E-state index contributed by atoms with van der Waals surface area (Å²) in [6.45, 7) is 6.82. The second kappa shape index (κ2) is 13.5. The predicted molar refractivity (Wildman–Crippen MR) is 170 cm³/mol. The Morgan fingerprint density at radius 2 is 1.30 bits per heavy atom. The largest absolute Gasteiger partial charge is 0.492 e. The molecule has 0 aliphatic carbocycles. The summed E-state index contributed by atoms with van der Waals surface area (Å²) >= 11 is 1.41. The van der Waals surface area contributed by atoms with Gasteiger partial charge in [-0.1, -0.05) is 6.42 Å². The van der Waals surface area contributed by atoms with Gasteiger partial charge in [-0.15, -0.1) is 11.3 Å². The number of rotatable bonds is 13. The maximum atomic E-state index is 12.1. The van der Waals surface area contributed by atoms with Crippen molar-refractivity contribution in [3.05, 3.63) is 66.7 Å². The van der Waals surface area contributed by atoms with Gasteiger partial charge in [-0.05, 0) is 112 Å². The van der Waals surface area contributed by atoms with E-state index in [0.717, 1.165) is 45.9 Å². The summed E-state index contributed by atoms with van der Waals surface area (Å²) in [4.78, 5) is 3.21. The van der Waals surface area contributed by atoms with Crippen LogP contribution in [0, 0.1) is 0 Å². The van der Waals surface area contributed by atoms with Gasteiger partial charge in [-0.25, -0.2) is 0 Å². The van der Waals surface area contributed by atoms with Crippen LogP contribution < -0.4 is 17.8 Å². The molecule has 1 saturated heterocycles. The van der Waals surface area contributed by atoms with Crippen LogP contribution in [0.1, 0.15) is 33.1 Å². The Bertz CT molecular complexity index is 1740. The molecule has 0 unspecified atom stereocenters. The highest BCUT2D eigenvalue weighted by molar-refractivity contribution is 7.87. The third-order valence-electron chi connectivity index (χ3n) is 7.05. The maximum Gasteiger partial charge on any atom is 0.308 e. The molecule has 0 atom stereocenters. The van der Waals surface area contributed by atoms with Gasteiger partial charge in [-0.3, -0.25) is 4.90 Å². The summed E-state index contributed by atoms with van der Waals surface area (Å²) in [5, 5.41) is 0.775. The van der Waals surface area contributed by atoms with Crippen LogP contribution in [0.2, 0.25) is 0 Å². The zero-order valence-electron chi connectivity index (χ0n) is 24.2. The number of thiophene rings is 1. The zero-order valence-corrected chi connectivity index (χ0v) is 26.6. The first-order valence-electron chi connectivity index (χ1n) is 14.3. The monoisotopic (exact) mass is 645 g/mol. The molecule has 5 rings (SSSR count). The van der Waals surface area contributed by atoms with E-state index < -0.39 is 20.2 Å². The van der Waals surface area contributed by atoms with Crippen molar-refractivity contribution in [3.63, 3.8) is 0 Å². The minimum Gasteiger partial charge on any atom is -0.492 e. The molecule has 0 N–H and O–H groups in total. The molecule has 2 heterocycles. The molecule has 230 valence electrons. The van der Waals surface area contributed by atoms with Gasteiger partial charge in [0.15, 0.2) is 5.75 Å². The molecule has 0 radical (unpaired) electrons. The Labute approximate surface area is 257 Å². The Balaban J connectivity index is 1.40. The Kier molecular flexibility index (Phi) is 9.80. The third-order valence-corrected chi connectivity index (χ3v) is 10.5. The van der Waals surface area contributed by atoms with Gasteiger partial charge in [0.25, 0.3) is 0 Å². The Hall–Kier alpha value is -3.32. The lowest BCUT2D eigenvalue weighted by Gasteiger charge is -2.26. The minimum absolute atomic E-state index is 0.135. The molecule has 9 nitrogen and oxygen atoms in total. The van der Waals surface area contributed by atoms with Crippen molar-refractivity contribution < 1.29 is 34.7 Å². The standard InChI is InChI=1S/C31H35NO8S3/c1-3-42(33,34)39-26-10-8-23(9-11-26)31-30(28-17-16-27(22-29(28)41-31)40-43(35,36)4-2)38-25-14-12-24(13-15-25)37-21-20-32-18-6-5-7-19-32/h8-17,22H,3-7,18-21H2,1-2H3. The average molecular weight is 646 g/mol. The van der Waals surface area contributed by atoms with E-state index in [4.69, 9.17) is 17.8 Å². The van der Waals surface area contributed by atoms with Gasteiger partial charge in [0.2, 0.25) is 0 Å². The molecule has 0 bridgehead atoms. The fourth-order valence-electron chi connectivity index (χ4n) is 4.67. The van der Waals surface area contributed by atoms with Crippen LogP contribution in [0.3, 0.4) is 0 Å². The van der Waals surface area contributed by atoms with Crippen LogP contribution in [0.25, 0.3) is 20.5 Å². The lowest BCUT2D eigenvalue weighted by Crippen LogP contribution is -2.33. The van der Waals surface area contributed by atoms with Crippen molar-refractivity contribution >= 4 is 41.7 Å². The van der Waals surface area contributed by atoms with Crippen molar-refractivity contribution in [1.82, 2.24) is 4.90 Å². The van der Waals surface area contributed by atoms with E-state index >= 15 is 0 Å². The van der Waals surface area contributed by atoms with Gasteiger partial charge in [0.1, 0.15) is 29.6 Å². The second-order valence-electron chi connectivity index (χ2n) is 10.1. The molecular formula is C31H35NO8S3. The SMILES string of the molecule is CCS(=O)(=O)Oc1ccc(-c2sc3cc(OS(=O)(=O)CC)ccc3c2Oc2ccc(OCCN3CCCCC3)cc2)cc1. The van der Waals surface area contributed by atoms with Gasteiger partial charge in [-0.2, -0.15) is 16.8 Å². The Morgan fingerprint density at radius 1 is 0.721 bits per heavy atom. The number of benzene rings is 3. The van der Waals surface area contributed by atoms with Crippen molar-refractivity contribution in [2.75, 3.05) is 37.7 Å². The molecule has 1 aliphatic heterocycles. The minimum atomic E-state index is -3.69.